The Bertz CT molecular complexity index is 1260. The van der Waals surface area contributed by atoms with Crippen LogP contribution in [0.1, 0.15) is 92.9 Å². The van der Waals surface area contributed by atoms with Crippen LogP contribution in [-0.4, -0.2) is 84.2 Å². The fourth-order valence-corrected chi connectivity index (χ4v) is 6.28. The van der Waals surface area contributed by atoms with Crippen molar-refractivity contribution in [3.8, 4) is 5.75 Å². The quantitative estimate of drug-likeness (QED) is 0.406. The molecule has 45 heavy (non-hydrogen) atoms. The summed E-state index contributed by atoms with van der Waals surface area (Å²) in [5.41, 5.74) is 1.30. The molecule has 1 aliphatic carbocycles. The van der Waals surface area contributed by atoms with Gasteiger partial charge in [0.05, 0.1) is 30.4 Å². The molecule has 1 fully saturated rings. The second-order valence-corrected chi connectivity index (χ2v) is 12.9. The van der Waals surface area contributed by atoms with E-state index in [-0.39, 0.29) is 48.4 Å². The van der Waals surface area contributed by atoms with Crippen molar-refractivity contribution in [2.45, 2.75) is 90.4 Å². The van der Waals surface area contributed by atoms with Crippen molar-refractivity contribution in [1.29, 1.82) is 0 Å². The molecule has 246 valence electrons. The zero-order valence-electron chi connectivity index (χ0n) is 27.4. The molecule has 4 atom stereocenters. The van der Waals surface area contributed by atoms with Crippen molar-refractivity contribution < 1.29 is 29.0 Å². The average molecular weight is 622 g/mol. The smallest absolute Gasteiger partial charge is 0.258 e. The summed E-state index contributed by atoms with van der Waals surface area (Å²) in [4.78, 5) is 44.0. The lowest BCUT2D eigenvalue weighted by atomic mass is 9.88. The number of nitrogens with zero attached hydrogens (tertiary/aromatic N) is 2. The summed E-state index contributed by atoms with van der Waals surface area (Å²) in [5, 5.41) is 13.1. The van der Waals surface area contributed by atoms with Gasteiger partial charge in [-0.25, -0.2) is 0 Å². The fraction of sp³-hybridized carbons (Fsp3) is 0.583. The highest BCUT2D eigenvalue weighted by molar-refractivity contribution is 6.05. The molecule has 2 aromatic rings. The first kappa shape index (κ1) is 34.4. The van der Waals surface area contributed by atoms with E-state index in [1.165, 1.54) is 6.42 Å². The summed E-state index contributed by atoms with van der Waals surface area (Å²) in [6.07, 6.45) is 7.35. The molecule has 2 N–H and O–H groups in total. The van der Waals surface area contributed by atoms with Crippen LogP contribution in [0, 0.1) is 11.8 Å². The van der Waals surface area contributed by atoms with Gasteiger partial charge in [-0.15, -0.1) is 0 Å². The van der Waals surface area contributed by atoms with E-state index in [0.29, 0.717) is 42.3 Å². The van der Waals surface area contributed by atoms with Crippen LogP contribution in [0.2, 0.25) is 0 Å². The number of benzene rings is 2. The first-order chi connectivity index (χ1) is 21.7. The third-order valence-corrected chi connectivity index (χ3v) is 9.13. The molecular weight excluding hydrogens is 570 g/mol. The molecule has 2 aliphatic rings. The minimum Gasteiger partial charge on any atom is -0.490 e. The molecule has 0 saturated heterocycles. The van der Waals surface area contributed by atoms with Gasteiger partial charge in [-0.3, -0.25) is 14.4 Å². The Balaban J connectivity index is 1.61. The van der Waals surface area contributed by atoms with Crippen molar-refractivity contribution in [3.05, 3.63) is 59.7 Å². The molecule has 0 spiro atoms. The molecule has 3 amide bonds. The van der Waals surface area contributed by atoms with E-state index in [4.69, 9.17) is 9.47 Å². The summed E-state index contributed by atoms with van der Waals surface area (Å²) < 4.78 is 12.7. The van der Waals surface area contributed by atoms with Gasteiger partial charge in [-0.2, -0.15) is 0 Å². The van der Waals surface area contributed by atoms with Crippen LogP contribution in [0.15, 0.2) is 48.5 Å². The molecule has 1 aliphatic heterocycles. The van der Waals surface area contributed by atoms with Crippen LogP contribution in [0.25, 0.3) is 0 Å². The second kappa shape index (κ2) is 16.8. The maximum absolute atomic E-state index is 14.3. The van der Waals surface area contributed by atoms with Crippen molar-refractivity contribution in [2.75, 3.05) is 38.7 Å². The Morgan fingerprint density at radius 1 is 1.02 bits per heavy atom. The zero-order chi connectivity index (χ0) is 32.3. The van der Waals surface area contributed by atoms with Gasteiger partial charge < -0.3 is 29.7 Å². The average Bonchev–Trinajstić information content (AvgIpc) is 3.06. The van der Waals surface area contributed by atoms with Gasteiger partial charge in [0.1, 0.15) is 5.75 Å². The monoisotopic (exact) mass is 621 g/mol. The largest absolute Gasteiger partial charge is 0.490 e. The third-order valence-electron chi connectivity index (χ3n) is 9.13. The van der Waals surface area contributed by atoms with Crippen LogP contribution in [0.3, 0.4) is 0 Å². The van der Waals surface area contributed by atoms with Gasteiger partial charge in [-0.05, 0) is 76.3 Å². The summed E-state index contributed by atoms with van der Waals surface area (Å²) in [6.45, 7) is 6.92. The number of aliphatic hydroxyl groups is 1. The van der Waals surface area contributed by atoms with Gasteiger partial charge in [0, 0.05) is 49.8 Å². The minimum atomic E-state index is -0.483. The van der Waals surface area contributed by atoms with E-state index in [9.17, 15) is 19.5 Å². The SMILES string of the molecule is C[C@@H]1CN([C@H](C)CO)C(=O)c2cc(NC(=O)c3ccccc3)ccc2O[C@@H](C)CCCCO[C@@H]1CN(C)C(=O)C1CCCCC1. The van der Waals surface area contributed by atoms with E-state index in [1.807, 2.05) is 38.8 Å². The molecule has 1 saturated carbocycles. The first-order valence-corrected chi connectivity index (χ1v) is 16.6. The topological polar surface area (TPSA) is 108 Å². The Kier molecular flexibility index (Phi) is 12.8. The van der Waals surface area contributed by atoms with Crippen LogP contribution in [0.5, 0.6) is 5.75 Å². The van der Waals surface area contributed by atoms with E-state index < -0.39 is 6.04 Å². The standard InChI is InChI=1S/C36H51N3O6/c1-25-22-39(26(2)24-40)36(43)31-21-30(37-34(41)28-14-7-5-8-15-28)18-19-32(31)45-27(3)13-11-12-20-44-33(25)23-38(4)35(42)29-16-9-6-10-17-29/h5,7-8,14-15,18-19,21,25-27,29,33,40H,6,9-13,16-17,20,22-24H2,1-4H3,(H,37,41)/t25-,26-,27+,33-/m1/s1. The van der Waals surface area contributed by atoms with Crippen LogP contribution < -0.4 is 10.1 Å². The zero-order valence-corrected chi connectivity index (χ0v) is 27.4. The normalized spacial score (nSPS) is 22.8. The Hall–Kier alpha value is -3.43. The minimum absolute atomic E-state index is 0.0691. The van der Waals surface area contributed by atoms with Gasteiger partial charge in [-0.1, -0.05) is 44.4 Å². The van der Waals surface area contributed by atoms with Crippen molar-refractivity contribution in [1.82, 2.24) is 9.80 Å². The number of carbonyl (C=O) groups excluding carboxylic acids is 3. The number of ether oxygens (including phenoxy) is 2. The molecule has 9 nitrogen and oxygen atoms in total. The van der Waals surface area contributed by atoms with Gasteiger partial charge in [0.2, 0.25) is 5.91 Å². The van der Waals surface area contributed by atoms with Crippen LogP contribution >= 0.6 is 0 Å². The molecule has 1 heterocycles. The van der Waals surface area contributed by atoms with Gasteiger partial charge in [0.25, 0.3) is 11.8 Å². The summed E-state index contributed by atoms with van der Waals surface area (Å²) in [5.74, 6) is -0.0262. The number of hydrogen-bond acceptors (Lipinski definition) is 6. The molecule has 0 aromatic heterocycles. The van der Waals surface area contributed by atoms with Crippen molar-refractivity contribution in [2.24, 2.45) is 11.8 Å². The van der Waals surface area contributed by atoms with E-state index in [1.54, 1.807) is 47.4 Å². The highest BCUT2D eigenvalue weighted by atomic mass is 16.5. The summed E-state index contributed by atoms with van der Waals surface area (Å²) in [6, 6.07) is 13.6. The van der Waals surface area contributed by atoms with E-state index >= 15 is 0 Å². The van der Waals surface area contributed by atoms with Gasteiger partial charge in [0.15, 0.2) is 0 Å². The molecule has 2 aromatic carbocycles. The van der Waals surface area contributed by atoms with E-state index in [2.05, 4.69) is 5.32 Å². The number of anilines is 1. The van der Waals surface area contributed by atoms with E-state index in [0.717, 1.165) is 44.9 Å². The number of carbonyl (C=O) groups is 3. The first-order valence-electron chi connectivity index (χ1n) is 16.6. The van der Waals surface area contributed by atoms with Crippen LogP contribution in [0.4, 0.5) is 5.69 Å². The highest BCUT2D eigenvalue weighted by Crippen LogP contribution is 2.29. The predicted octanol–water partition coefficient (Wildman–Crippen LogP) is 5.77. The molecule has 4 rings (SSSR count). The Morgan fingerprint density at radius 2 is 1.73 bits per heavy atom. The number of rotatable bonds is 7. The number of nitrogens with one attached hydrogen (secondary N) is 1. The Morgan fingerprint density at radius 3 is 2.44 bits per heavy atom. The number of likely N-dealkylation sites (N-methyl/N-ethyl adjacent to an activating group) is 1. The predicted molar refractivity (Wildman–Crippen MR) is 175 cm³/mol. The molecular formula is C36H51N3O6. The van der Waals surface area contributed by atoms with Crippen LogP contribution in [-0.2, 0) is 9.53 Å². The molecule has 0 radical (unpaired) electrons. The summed E-state index contributed by atoms with van der Waals surface area (Å²) >= 11 is 0. The summed E-state index contributed by atoms with van der Waals surface area (Å²) in [7, 11) is 1.86. The van der Waals surface area contributed by atoms with Crippen molar-refractivity contribution >= 4 is 23.4 Å². The lowest BCUT2D eigenvalue weighted by molar-refractivity contribution is -0.137. The number of amides is 3. The maximum atomic E-state index is 14.3. The maximum Gasteiger partial charge on any atom is 0.258 e. The molecule has 9 heteroatoms. The van der Waals surface area contributed by atoms with Gasteiger partial charge >= 0.3 is 0 Å². The lowest BCUT2D eigenvalue weighted by Crippen LogP contribution is -2.48. The molecule has 0 bridgehead atoms. The third kappa shape index (κ3) is 9.53. The number of fused-ring (bicyclic) bond motifs is 1. The van der Waals surface area contributed by atoms with Crippen molar-refractivity contribution in [3.63, 3.8) is 0 Å². The fourth-order valence-electron chi connectivity index (χ4n) is 6.28. The Labute approximate surface area is 268 Å². The number of hydrogen-bond donors (Lipinski definition) is 2. The molecule has 0 unspecified atom stereocenters. The second-order valence-electron chi connectivity index (χ2n) is 12.9. The highest BCUT2D eigenvalue weighted by Gasteiger charge is 2.32. The number of aliphatic hydroxyl groups excluding tert-OH is 1. The lowest BCUT2D eigenvalue weighted by Gasteiger charge is -2.36.